The summed E-state index contributed by atoms with van der Waals surface area (Å²) in [7, 11) is -1.62. The van der Waals surface area contributed by atoms with E-state index in [0.29, 0.717) is 23.9 Å². The maximum absolute atomic E-state index is 11.4. The smallest absolute Gasteiger partial charge is 0.212 e. The molecule has 0 amide bonds. The van der Waals surface area contributed by atoms with Gasteiger partial charge in [-0.05, 0) is 31.2 Å². The van der Waals surface area contributed by atoms with Gasteiger partial charge < -0.3 is 5.32 Å². The maximum Gasteiger partial charge on any atom is 0.212 e. The Hall–Kier alpha value is -0.130. The summed E-state index contributed by atoms with van der Waals surface area (Å²) >= 11 is 0. The van der Waals surface area contributed by atoms with Crippen LogP contribution in [0, 0.1) is 11.3 Å². The van der Waals surface area contributed by atoms with Gasteiger partial charge in [0.25, 0.3) is 0 Å². The van der Waals surface area contributed by atoms with Gasteiger partial charge in [0.2, 0.25) is 10.0 Å². The van der Waals surface area contributed by atoms with Crippen molar-refractivity contribution in [3.8, 4) is 0 Å². The Morgan fingerprint density at radius 1 is 1.17 bits per heavy atom. The van der Waals surface area contributed by atoms with E-state index in [1.165, 1.54) is 32.7 Å². The van der Waals surface area contributed by atoms with Crippen LogP contribution in [-0.2, 0) is 10.0 Å². The second kappa shape index (κ2) is 6.35. The molecular formula is C13H28N2O2S. The molecule has 2 N–H and O–H groups in total. The Bertz CT molecular complexity index is 346. The lowest BCUT2D eigenvalue weighted by Crippen LogP contribution is -2.46. The summed E-state index contributed by atoms with van der Waals surface area (Å²) in [5.41, 5.74) is 0.292. The number of sulfonamides is 1. The number of nitrogens with one attached hydrogen (secondary N) is 2. The Kier molecular flexibility index (Phi) is 5.62. The van der Waals surface area contributed by atoms with E-state index in [4.69, 9.17) is 0 Å². The predicted octanol–water partition coefficient (Wildman–Crippen LogP) is 1.73. The van der Waals surface area contributed by atoms with Gasteiger partial charge in [0.05, 0.1) is 5.75 Å². The molecule has 0 aliphatic heterocycles. The fourth-order valence-electron chi connectivity index (χ4n) is 2.89. The topological polar surface area (TPSA) is 58.2 Å². The molecular weight excluding hydrogens is 248 g/mol. The van der Waals surface area contributed by atoms with Crippen LogP contribution in [0.1, 0.15) is 46.5 Å². The summed E-state index contributed by atoms with van der Waals surface area (Å²) in [5, 5.41) is 3.45. The molecule has 0 bridgehead atoms. The third-order valence-corrected chi connectivity index (χ3v) is 5.33. The van der Waals surface area contributed by atoms with Crippen molar-refractivity contribution in [1.29, 1.82) is 0 Å². The van der Waals surface area contributed by atoms with Crippen LogP contribution in [0.2, 0.25) is 0 Å². The molecule has 0 aromatic carbocycles. The minimum Gasteiger partial charge on any atom is -0.313 e. The summed E-state index contributed by atoms with van der Waals surface area (Å²) in [6.07, 6.45) is 4.97. The van der Waals surface area contributed by atoms with E-state index in [9.17, 15) is 8.42 Å². The van der Waals surface area contributed by atoms with Gasteiger partial charge in [0.1, 0.15) is 0 Å². The molecule has 0 aromatic heterocycles. The van der Waals surface area contributed by atoms with E-state index in [-0.39, 0.29) is 5.75 Å². The Morgan fingerprint density at radius 3 is 2.33 bits per heavy atom. The highest BCUT2D eigenvalue weighted by Crippen LogP contribution is 2.37. The zero-order valence-corrected chi connectivity index (χ0v) is 12.9. The Morgan fingerprint density at radius 2 is 1.78 bits per heavy atom. The molecule has 18 heavy (non-hydrogen) atoms. The molecule has 0 aromatic rings. The lowest BCUT2D eigenvalue weighted by atomic mass is 9.69. The zero-order chi connectivity index (χ0) is 13.8. The normalized spacial score (nSPS) is 26.2. The lowest BCUT2D eigenvalue weighted by Gasteiger charge is -2.41. The highest BCUT2D eigenvalue weighted by atomic mass is 32.2. The average Bonchev–Trinajstić information content (AvgIpc) is 2.28. The van der Waals surface area contributed by atoms with E-state index in [1.807, 2.05) is 0 Å². The van der Waals surface area contributed by atoms with Crippen LogP contribution in [0.15, 0.2) is 0 Å². The second-order valence-electron chi connectivity index (χ2n) is 6.34. The molecule has 2 unspecified atom stereocenters. The van der Waals surface area contributed by atoms with Crippen molar-refractivity contribution in [3.05, 3.63) is 0 Å². The molecule has 0 heterocycles. The summed E-state index contributed by atoms with van der Waals surface area (Å²) in [6.45, 7) is 7.38. The van der Waals surface area contributed by atoms with Gasteiger partial charge >= 0.3 is 0 Å². The zero-order valence-electron chi connectivity index (χ0n) is 12.1. The average molecular weight is 276 g/mol. The van der Waals surface area contributed by atoms with Crippen LogP contribution in [0.3, 0.4) is 0 Å². The molecule has 108 valence electrons. The highest BCUT2D eigenvalue weighted by molar-refractivity contribution is 7.89. The molecule has 1 rings (SSSR count). The number of hydrogen-bond acceptors (Lipinski definition) is 3. The fourth-order valence-corrected chi connectivity index (χ4v) is 3.48. The van der Waals surface area contributed by atoms with Crippen LogP contribution in [0.25, 0.3) is 0 Å². The molecule has 1 aliphatic carbocycles. The van der Waals surface area contributed by atoms with Gasteiger partial charge in [-0.15, -0.1) is 0 Å². The first-order chi connectivity index (χ1) is 8.26. The first-order valence-corrected chi connectivity index (χ1v) is 8.56. The molecule has 0 radical (unpaired) electrons. The summed E-state index contributed by atoms with van der Waals surface area (Å²) in [5.74, 6) is 0.806. The van der Waals surface area contributed by atoms with E-state index >= 15 is 0 Å². The van der Waals surface area contributed by atoms with Crippen molar-refractivity contribution in [2.24, 2.45) is 11.3 Å². The molecule has 1 saturated carbocycles. The quantitative estimate of drug-likeness (QED) is 0.804. The van der Waals surface area contributed by atoms with Crippen LogP contribution >= 0.6 is 0 Å². The summed E-state index contributed by atoms with van der Waals surface area (Å²) in [4.78, 5) is 0. The van der Waals surface area contributed by atoms with Crippen LogP contribution in [0.4, 0.5) is 0 Å². The minimum atomic E-state index is -3.09. The molecule has 2 atom stereocenters. The minimum absolute atomic E-state index is 0.164. The van der Waals surface area contributed by atoms with Gasteiger partial charge in [-0.1, -0.05) is 33.6 Å². The lowest BCUT2D eigenvalue weighted by molar-refractivity contribution is 0.132. The van der Waals surface area contributed by atoms with Crippen molar-refractivity contribution in [2.75, 3.05) is 19.3 Å². The fraction of sp³-hybridized carbons (Fsp3) is 1.00. The Labute approximate surface area is 112 Å². The first-order valence-electron chi connectivity index (χ1n) is 6.91. The molecule has 1 fully saturated rings. The van der Waals surface area contributed by atoms with Crippen LogP contribution in [-0.4, -0.2) is 33.8 Å². The third kappa shape index (κ3) is 4.86. The van der Waals surface area contributed by atoms with Crippen molar-refractivity contribution in [2.45, 2.75) is 52.5 Å². The molecule has 4 nitrogen and oxygen atoms in total. The standard InChI is InChI=1S/C13H28N2O2S/c1-13(2,3)11-7-5-6-8-12(11)15-9-10-18(16,17)14-4/h11-12,14-15H,5-10H2,1-4H3. The largest absolute Gasteiger partial charge is 0.313 e. The van der Waals surface area contributed by atoms with Crippen molar-refractivity contribution in [3.63, 3.8) is 0 Å². The van der Waals surface area contributed by atoms with Gasteiger partial charge in [0, 0.05) is 12.6 Å². The molecule has 1 aliphatic rings. The van der Waals surface area contributed by atoms with Gasteiger partial charge in [-0.3, -0.25) is 0 Å². The van der Waals surface area contributed by atoms with Gasteiger partial charge in [-0.25, -0.2) is 13.1 Å². The Balaban J connectivity index is 2.48. The number of hydrogen-bond donors (Lipinski definition) is 2. The monoisotopic (exact) mass is 276 g/mol. The van der Waals surface area contributed by atoms with E-state index in [2.05, 4.69) is 30.8 Å². The molecule has 0 spiro atoms. The van der Waals surface area contributed by atoms with Crippen molar-refractivity contribution in [1.82, 2.24) is 10.0 Å². The molecule has 5 heteroatoms. The SMILES string of the molecule is CNS(=O)(=O)CCNC1CCCCC1C(C)(C)C. The predicted molar refractivity (Wildman–Crippen MR) is 76.1 cm³/mol. The van der Waals surface area contributed by atoms with Gasteiger partial charge in [-0.2, -0.15) is 0 Å². The summed E-state index contributed by atoms with van der Waals surface area (Å²) < 4.78 is 25.1. The highest BCUT2D eigenvalue weighted by Gasteiger charge is 2.33. The van der Waals surface area contributed by atoms with E-state index < -0.39 is 10.0 Å². The van der Waals surface area contributed by atoms with Gasteiger partial charge in [0.15, 0.2) is 0 Å². The van der Waals surface area contributed by atoms with Crippen molar-refractivity contribution < 1.29 is 8.42 Å². The van der Waals surface area contributed by atoms with Crippen LogP contribution in [0.5, 0.6) is 0 Å². The maximum atomic E-state index is 11.4. The van der Waals surface area contributed by atoms with Crippen molar-refractivity contribution >= 4 is 10.0 Å². The van der Waals surface area contributed by atoms with E-state index in [1.54, 1.807) is 0 Å². The second-order valence-corrected chi connectivity index (χ2v) is 8.39. The van der Waals surface area contributed by atoms with Crippen LogP contribution < -0.4 is 10.0 Å². The summed E-state index contributed by atoms with van der Waals surface area (Å²) in [6, 6.07) is 0.464. The third-order valence-electron chi connectivity index (χ3n) is 3.97. The number of rotatable bonds is 5. The first kappa shape index (κ1) is 15.9. The van der Waals surface area contributed by atoms with E-state index in [0.717, 1.165) is 0 Å². The molecule has 0 saturated heterocycles.